The van der Waals surface area contributed by atoms with Crippen molar-refractivity contribution in [2.45, 2.75) is 32.7 Å². The number of likely N-dealkylation sites (tertiary alicyclic amines) is 1. The summed E-state index contributed by atoms with van der Waals surface area (Å²) in [7, 11) is 0. The lowest BCUT2D eigenvalue weighted by molar-refractivity contribution is -0.131. The number of anilines is 1. The number of carbonyl (C=O) groups is 2. The lowest BCUT2D eigenvalue weighted by Gasteiger charge is -2.21. The second kappa shape index (κ2) is 6.47. The van der Waals surface area contributed by atoms with Gasteiger partial charge in [-0.15, -0.1) is 0 Å². The van der Waals surface area contributed by atoms with E-state index in [4.69, 9.17) is 5.73 Å². The van der Waals surface area contributed by atoms with Crippen molar-refractivity contribution >= 4 is 33.4 Å². The Morgan fingerprint density at radius 2 is 1.95 bits per heavy atom. The van der Waals surface area contributed by atoms with Gasteiger partial charge in [-0.1, -0.05) is 15.9 Å². The predicted octanol–water partition coefficient (Wildman–Crippen LogP) is 2.08. The highest BCUT2D eigenvalue weighted by Gasteiger charge is 2.25. The van der Waals surface area contributed by atoms with Crippen molar-refractivity contribution in [1.82, 2.24) is 10.2 Å². The van der Waals surface area contributed by atoms with E-state index in [-0.39, 0.29) is 11.8 Å². The Hall–Kier alpha value is -1.56. The molecule has 114 valence electrons. The van der Waals surface area contributed by atoms with Crippen LogP contribution in [0.2, 0.25) is 0 Å². The molecular formula is C15H20BrN3O2. The molecule has 0 bridgehead atoms. The van der Waals surface area contributed by atoms with Crippen LogP contribution >= 0.6 is 15.9 Å². The summed E-state index contributed by atoms with van der Waals surface area (Å²) in [6, 6.07) is 2.94. The molecule has 21 heavy (non-hydrogen) atoms. The van der Waals surface area contributed by atoms with Gasteiger partial charge in [0.25, 0.3) is 5.91 Å². The number of benzene rings is 1. The van der Waals surface area contributed by atoms with Gasteiger partial charge in [0.2, 0.25) is 5.91 Å². The van der Waals surface area contributed by atoms with Crippen LogP contribution in [-0.4, -0.2) is 35.8 Å². The fraction of sp³-hybridized carbons (Fsp3) is 0.467. The van der Waals surface area contributed by atoms with E-state index in [1.807, 2.05) is 0 Å². The van der Waals surface area contributed by atoms with Crippen molar-refractivity contribution in [3.05, 3.63) is 27.7 Å². The summed E-state index contributed by atoms with van der Waals surface area (Å²) < 4.78 is 0.745. The van der Waals surface area contributed by atoms with Gasteiger partial charge < -0.3 is 16.0 Å². The molecule has 1 aromatic carbocycles. The number of carbonyl (C=O) groups excluding carboxylic acids is 2. The number of nitrogens with two attached hydrogens (primary N) is 1. The zero-order chi connectivity index (χ0) is 15.6. The number of nitrogen functional groups attached to an aromatic ring is 1. The number of hydrogen-bond acceptors (Lipinski definition) is 3. The van der Waals surface area contributed by atoms with Crippen molar-refractivity contribution in [3.63, 3.8) is 0 Å². The Labute approximate surface area is 133 Å². The lowest BCUT2D eigenvalue weighted by atomic mass is 10.1. The Balaban J connectivity index is 2.09. The average Bonchev–Trinajstić information content (AvgIpc) is 2.95. The smallest absolute Gasteiger partial charge is 0.252 e. The number of nitrogens with one attached hydrogen (secondary N) is 1. The van der Waals surface area contributed by atoms with Crippen LogP contribution < -0.4 is 11.1 Å². The highest BCUT2D eigenvalue weighted by molar-refractivity contribution is 9.10. The Kier molecular flexibility index (Phi) is 4.88. The first-order chi connectivity index (χ1) is 9.90. The first kappa shape index (κ1) is 15.8. The summed E-state index contributed by atoms with van der Waals surface area (Å²) in [4.78, 5) is 26.3. The van der Waals surface area contributed by atoms with Gasteiger partial charge in [-0.05, 0) is 44.4 Å². The van der Waals surface area contributed by atoms with E-state index < -0.39 is 6.04 Å². The van der Waals surface area contributed by atoms with Crippen molar-refractivity contribution in [2.24, 2.45) is 0 Å². The molecule has 0 radical (unpaired) electrons. The normalized spacial score (nSPS) is 15.9. The third kappa shape index (κ3) is 3.56. The van der Waals surface area contributed by atoms with E-state index in [0.717, 1.165) is 36.0 Å². The number of halogens is 1. The minimum absolute atomic E-state index is 0.0264. The van der Waals surface area contributed by atoms with E-state index in [9.17, 15) is 9.59 Å². The molecule has 5 nitrogen and oxygen atoms in total. The molecule has 1 unspecified atom stereocenters. The lowest BCUT2D eigenvalue weighted by Crippen LogP contribution is -2.46. The zero-order valence-corrected chi connectivity index (χ0v) is 13.9. The second-order valence-corrected chi connectivity index (χ2v) is 6.31. The number of nitrogens with zero attached hydrogens (tertiary/aromatic N) is 1. The Bertz CT molecular complexity index is 568. The van der Waals surface area contributed by atoms with Crippen molar-refractivity contribution in [2.75, 3.05) is 18.8 Å². The molecule has 0 aromatic heterocycles. The van der Waals surface area contributed by atoms with Gasteiger partial charge in [0.05, 0.1) is 0 Å². The van der Waals surface area contributed by atoms with Crippen LogP contribution in [0.25, 0.3) is 0 Å². The van der Waals surface area contributed by atoms with Gasteiger partial charge >= 0.3 is 0 Å². The molecule has 1 aromatic rings. The molecule has 1 heterocycles. The fourth-order valence-electron chi connectivity index (χ4n) is 2.48. The van der Waals surface area contributed by atoms with E-state index in [0.29, 0.717) is 11.3 Å². The molecule has 2 rings (SSSR count). The van der Waals surface area contributed by atoms with E-state index in [1.165, 1.54) is 0 Å². The third-order valence-corrected chi connectivity index (χ3v) is 4.25. The molecule has 3 N–H and O–H groups in total. The summed E-state index contributed by atoms with van der Waals surface area (Å²) in [5.41, 5.74) is 7.62. The van der Waals surface area contributed by atoms with Gasteiger partial charge in [0.15, 0.2) is 0 Å². The molecule has 0 saturated carbocycles. The average molecular weight is 354 g/mol. The molecular weight excluding hydrogens is 334 g/mol. The van der Waals surface area contributed by atoms with Crippen LogP contribution in [0.4, 0.5) is 5.69 Å². The van der Waals surface area contributed by atoms with Gasteiger partial charge in [-0.3, -0.25) is 9.59 Å². The fourth-order valence-corrected chi connectivity index (χ4v) is 2.96. The Morgan fingerprint density at radius 1 is 1.33 bits per heavy atom. The first-order valence-corrected chi connectivity index (χ1v) is 7.84. The van der Waals surface area contributed by atoms with Gasteiger partial charge in [0.1, 0.15) is 6.04 Å². The number of amides is 2. The maximum absolute atomic E-state index is 12.3. The highest BCUT2D eigenvalue weighted by Crippen LogP contribution is 2.22. The predicted molar refractivity (Wildman–Crippen MR) is 86.0 cm³/mol. The molecule has 1 aliphatic heterocycles. The molecule has 6 heteroatoms. The van der Waals surface area contributed by atoms with Crippen LogP contribution in [0.3, 0.4) is 0 Å². The molecule has 2 amide bonds. The monoisotopic (exact) mass is 353 g/mol. The Morgan fingerprint density at radius 3 is 2.57 bits per heavy atom. The maximum atomic E-state index is 12.3. The van der Waals surface area contributed by atoms with Gasteiger partial charge in [-0.25, -0.2) is 0 Å². The molecule has 1 saturated heterocycles. The summed E-state index contributed by atoms with van der Waals surface area (Å²) >= 11 is 3.33. The summed E-state index contributed by atoms with van der Waals surface area (Å²) in [5, 5.41) is 2.76. The highest BCUT2D eigenvalue weighted by atomic mass is 79.9. The van der Waals surface area contributed by atoms with Crippen LogP contribution in [0.5, 0.6) is 0 Å². The first-order valence-electron chi connectivity index (χ1n) is 7.05. The second-order valence-electron chi connectivity index (χ2n) is 5.40. The van der Waals surface area contributed by atoms with E-state index in [1.54, 1.807) is 30.9 Å². The summed E-state index contributed by atoms with van der Waals surface area (Å²) in [6.45, 7) is 5.07. The minimum Gasteiger partial charge on any atom is -0.398 e. The molecule has 1 atom stereocenters. The van der Waals surface area contributed by atoms with Crippen LogP contribution in [0, 0.1) is 6.92 Å². The number of hydrogen-bond donors (Lipinski definition) is 2. The van der Waals surface area contributed by atoms with Crippen molar-refractivity contribution in [3.8, 4) is 0 Å². The van der Waals surface area contributed by atoms with E-state index in [2.05, 4.69) is 21.2 Å². The van der Waals surface area contributed by atoms with Crippen LogP contribution in [0.1, 0.15) is 35.7 Å². The zero-order valence-electron chi connectivity index (χ0n) is 12.3. The summed E-state index contributed by atoms with van der Waals surface area (Å²) in [6.07, 6.45) is 2.07. The van der Waals surface area contributed by atoms with Crippen LogP contribution in [-0.2, 0) is 4.79 Å². The van der Waals surface area contributed by atoms with Crippen LogP contribution in [0.15, 0.2) is 16.6 Å². The molecule has 0 spiro atoms. The molecule has 1 fully saturated rings. The van der Waals surface area contributed by atoms with E-state index >= 15 is 0 Å². The standard InChI is InChI=1S/C15H20BrN3O2/c1-9-12(7-11(16)8-13(9)17)14(20)18-10(2)15(21)19-5-3-4-6-19/h7-8,10H,3-6,17H2,1-2H3,(H,18,20). The maximum Gasteiger partial charge on any atom is 0.252 e. The SMILES string of the molecule is Cc1c(N)cc(Br)cc1C(=O)NC(C)C(=O)N1CCCC1. The topological polar surface area (TPSA) is 75.4 Å². The third-order valence-electron chi connectivity index (χ3n) is 3.79. The van der Waals surface area contributed by atoms with Gasteiger partial charge in [-0.2, -0.15) is 0 Å². The molecule has 1 aliphatic rings. The minimum atomic E-state index is -0.532. The van der Waals surface area contributed by atoms with Crippen molar-refractivity contribution < 1.29 is 9.59 Å². The quantitative estimate of drug-likeness (QED) is 0.816. The largest absolute Gasteiger partial charge is 0.398 e. The number of rotatable bonds is 3. The molecule has 0 aliphatic carbocycles. The summed E-state index contributed by atoms with van der Waals surface area (Å²) in [5.74, 6) is -0.304. The van der Waals surface area contributed by atoms with Crippen molar-refractivity contribution in [1.29, 1.82) is 0 Å². The van der Waals surface area contributed by atoms with Gasteiger partial charge in [0, 0.05) is 28.8 Å².